The second-order valence-corrected chi connectivity index (χ2v) is 13.1. The monoisotopic (exact) mass is 760 g/mol. The average molecular weight is 764 g/mol. The molecule has 39 heavy (non-hydrogen) atoms. The zero-order valence-corrected chi connectivity index (χ0v) is 26.8. The fraction of sp³-hybridized carbons (Fsp3) is 0.0294. The maximum Gasteiger partial charge on any atom is 0.178 e. The fourth-order valence-corrected chi connectivity index (χ4v) is 6.53. The lowest BCUT2D eigenvalue weighted by molar-refractivity contribution is -0.110. The van der Waals surface area contributed by atoms with Gasteiger partial charge >= 0.3 is 0 Å². The molecule has 0 saturated heterocycles. The summed E-state index contributed by atoms with van der Waals surface area (Å²) >= 11 is 14.5. The summed E-state index contributed by atoms with van der Waals surface area (Å²) in [5.41, 5.74) is 8.35. The Morgan fingerprint density at radius 1 is 0.410 bits per heavy atom. The number of hydrogen-bond donors (Lipinski definition) is 0. The minimum Gasteiger partial charge on any atom is -0.290 e. The average Bonchev–Trinajstić information content (AvgIpc) is 3.22. The molecular weight excluding hydrogens is 744 g/mol. The Morgan fingerprint density at radius 2 is 0.692 bits per heavy atom. The summed E-state index contributed by atoms with van der Waals surface area (Å²) in [5.74, 6) is -0.00628. The van der Waals surface area contributed by atoms with Crippen LogP contribution in [-0.4, -0.2) is 5.78 Å². The van der Waals surface area contributed by atoms with E-state index in [1.807, 2.05) is 0 Å². The highest BCUT2D eigenvalue weighted by molar-refractivity contribution is 9.11. The van der Waals surface area contributed by atoms with Crippen LogP contribution in [0.3, 0.4) is 0 Å². The number of halogens is 4. The van der Waals surface area contributed by atoms with E-state index in [1.165, 1.54) is 0 Å². The third-order valence-corrected chi connectivity index (χ3v) is 9.24. The van der Waals surface area contributed by atoms with Gasteiger partial charge in [0.05, 0.1) is 5.41 Å². The van der Waals surface area contributed by atoms with Crippen molar-refractivity contribution < 1.29 is 4.79 Å². The number of benzene rings is 4. The first kappa shape index (κ1) is 26.6. The van der Waals surface area contributed by atoms with Gasteiger partial charge in [0.2, 0.25) is 0 Å². The SMILES string of the molecule is O=C1C=CC2(C=C1)C(c1ccc(Br)cc1)=C(c1ccc(Br)cc1)C(c1ccc(Br)cc1)=C2c1ccc(Br)cc1. The lowest BCUT2D eigenvalue weighted by Crippen LogP contribution is -2.21. The maximum absolute atomic E-state index is 12.5. The van der Waals surface area contributed by atoms with Gasteiger partial charge in [-0.25, -0.2) is 0 Å². The molecule has 0 radical (unpaired) electrons. The fourth-order valence-electron chi connectivity index (χ4n) is 5.47. The Kier molecular flexibility index (Phi) is 7.36. The van der Waals surface area contributed by atoms with Gasteiger partial charge in [-0.05, 0) is 105 Å². The summed E-state index contributed by atoms with van der Waals surface area (Å²) < 4.78 is 4.08. The maximum atomic E-state index is 12.5. The molecule has 0 bridgehead atoms. The zero-order chi connectivity index (χ0) is 27.1. The predicted octanol–water partition coefficient (Wildman–Crippen LogP) is 11.0. The van der Waals surface area contributed by atoms with E-state index in [2.05, 4.69) is 173 Å². The van der Waals surface area contributed by atoms with Gasteiger partial charge in [0.25, 0.3) is 0 Å². The Balaban J connectivity index is 1.80. The van der Waals surface area contributed by atoms with Crippen molar-refractivity contribution in [3.05, 3.63) is 162 Å². The summed E-state index contributed by atoms with van der Waals surface area (Å²) in [6.45, 7) is 0. The van der Waals surface area contributed by atoms with E-state index >= 15 is 0 Å². The molecule has 4 aromatic carbocycles. The molecule has 0 N–H and O–H groups in total. The van der Waals surface area contributed by atoms with E-state index in [9.17, 15) is 4.79 Å². The quantitative estimate of drug-likeness (QED) is 0.202. The van der Waals surface area contributed by atoms with Gasteiger partial charge < -0.3 is 0 Å². The van der Waals surface area contributed by atoms with Gasteiger partial charge in [-0.2, -0.15) is 0 Å². The summed E-state index contributed by atoms with van der Waals surface area (Å²) in [6.07, 6.45) is 7.58. The number of allylic oxidation sites excluding steroid dienone is 8. The molecule has 0 unspecified atom stereocenters. The molecule has 2 aliphatic rings. The van der Waals surface area contributed by atoms with Crippen LogP contribution in [0, 0.1) is 5.41 Å². The molecule has 2 aliphatic carbocycles. The molecule has 0 atom stereocenters. The molecule has 0 aliphatic heterocycles. The molecule has 6 rings (SSSR count). The largest absolute Gasteiger partial charge is 0.290 e. The van der Waals surface area contributed by atoms with Gasteiger partial charge in [-0.3, -0.25) is 4.79 Å². The summed E-state index contributed by atoms with van der Waals surface area (Å²) in [7, 11) is 0. The number of rotatable bonds is 4. The second kappa shape index (κ2) is 10.8. The van der Waals surface area contributed by atoms with Crippen molar-refractivity contribution >= 4 is 91.8 Å². The molecule has 5 heteroatoms. The van der Waals surface area contributed by atoms with Crippen LogP contribution >= 0.6 is 63.7 Å². The number of ketones is 1. The lowest BCUT2D eigenvalue weighted by Gasteiger charge is -2.32. The molecule has 0 heterocycles. The topological polar surface area (TPSA) is 17.1 Å². The highest BCUT2D eigenvalue weighted by Crippen LogP contribution is 2.63. The van der Waals surface area contributed by atoms with Crippen molar-refractivity contribution in [2.75, 3.05) is 0 Å². The molecule has 0 fully saturated rings. The minimum atomic E-state index is -0.652. The van der Waals surface area contributed by atoms with E-state index < -0.39 is 5.41 Å². The highest BCUT2D eigenvalue weighted by atomic mass is 79.9. The molecular formula is C34H20Br4O. The van der Waals surface area contributed by atoms with Crippen LogP contribution in [0.5, 0.6) is 0 Å². The summed E-state index contributed by atoms with van der Waals surface area (Å²) in [4.78, 5) is 12.5. The Bertz CT molecular complexity index is 1580. The Morgan fingerprint density at radius 3 is 1.00 bits per heavy atom. The summed E-state index contributed by atoms with van der Waals surface area (Å²) in [5, 5.41) is 0. The van der Waals surface area contributed by atoms with Crippen molar-refractivity contribution in [1.82, 2.24) is 0 Å². The van der Waals surface area contributed by atoms with E-state index in [1.54, 1.807) is 12.2 Å². The van der Waals surface area contributed by atoms with Crippen LogP contribution in [0.25, 0.3) is 22.3 Å². The van der Waals surface area contributed by atoms with Gasteiger partial charge in [0, 0.05) is 17.9 Å². The number of hydrogen-bond acceptors (Lipinski definition) is 1. The second-order valence-electron chi connectivity index (χ2n) is 9.47. The van der Waals surface area contributed by atoms with Gasteiger partial charge in [-0.1, -0.05) is 124 Å². The first-order valence-corrected chi connectivity index (χ1v) is 15.5. The van der Waals surface area contributed by atoms with Crippen LogP contribution in [0.4, 0.5) is 0 Å². The normalized spacial score (nSPS) is 16.1. The van der Waals surface area contributed by atoms with Crippen molar-refractivity contribution in [1.29, 1.82) is 0 Å². The van der Waals surface area contributed by atoms with Crippen molar-refractivity contribution in [2.45, 2.75) is 0 Å². The van der Waals surface area contributed by atoms with Crippen molar-refractivity contribution in [3.63, 3.8) is 0 Å². The lowest BCUT2D eigenvalue weighted by atomic mass is 9.69. The molecule has 1 nitrogen and oxygen atoms in total. The third kappa shape index (κ3) is 4.95. The van der Waals surface area contributed by atoms with Crippen LogP contribution in [0.2, 0.25) is 0 Å². The van der Waals surface area contributed by atoms with Crippen LogP contribution in [0.1, 0.15) is 22.3 Å². The van der Waals surface area contributed by atoms with Crippen LogP contribution in [0.15, 0.2) is 139 Å². The molecule has 0 amide bonds. The van der Waals surface area contributed by atoms with E-state index in [-0.39, 0.29) is 5.78 Å². The van der Waals surface area contributed by atoms with Crippen LogP contribution < -0.4 is 0 Å². The molecule has 4 aromatic rings. The number of carbonyl (C=O) groups excluding carboxylic acids is 1. The predicted molar refractivity (Wildman–Crippen MR) is 176 cm³/mol. The number of carbonyl (C=O) groups is 1. The van der Waals surface area contributed by atoms with Crippen molar-refractivity contribution in [3.8, 4) is 0 Å². The van der Waals surface area contributed by atoms with E-state index in [0.29, 0.717) is 0 Å². The van der Waals surface area contributed by atoms with Crippen LogP contribution in [-0.2, 0) is 4.79 Å². The molecule has 190 valence electrons. The zero-order valence-electron chi connectivity index (χ0n) is 20.5. The Hall–Kier alpha value is -2.57. The smallest absolute Gasteiger partial charge is 0.178 e. The minimum absolute atomic E-state index is 0.00628. The highest BCUT2D eigenvalue weighted by Gasteiger charge is 2.46. The Labute approximate surface area is 261 Å². The molecule has 0 aromatic heterocycles. The van der Waals surface area contributed by atoms with Crippen molar-refractivity contribution in [2.24, 2.45) is 5.41 Å². The van der Waals surface area contributed by atoms with E-state index in [4.69, 9.17) is 0 Å². The molecule has 0 saturated carbocycles. The summed E-state index contributed by atoms with van der Waals surface area (Å²) in [6, 6.07) is 33.9. The molecule has 1 spiro atoms. The van der Waals surface area contributed by atoms with E-state index in [0.717, 1.165) is 62.4 Å². The standard InChI is InChI=1S/C34H20Br4O/c35-25-9-1-21(2-10-25)30-31(22-3-11-26(36)12-4-22)33(24-7-15-28(38)16-8-24)34(19-17-29(39)18-20-34)32(30)23-5-13-27(37)14-6-23/h1-20H. The van der Waals surface area contributed by atoms with Gasteiger partial charge in [0.1, 0.15) is 0 Å². The third-order valence-electron chi connectivity index (χ3n) is 7.13. The van der Waals surface area contributed by atoms with Gasteiger partial charge in [0.15, 0.2) is 5.78 Å². The van der Waals surface area contributed by atoms with Gasteiger partial charge in [-0.15, -0.1) is 0 Å². The first-order valence-electron chi connectivity index (χ1n) is 12.3. The first-order chi connectivity index (χ1) is 18.9.